The maximum Gasteiger partial charge on any atom is 0.320 e. The van der Waals surface area contributed by atoms with Crippen LogP contribution < -0.4 is 10.6 Å². The summed E-state index contributed by atoms with van der Waals surface area (Å²) in [7, 11) is 0. The number of para-hydroxylation sites is 1. The average molecular weight is 320 g/mol. The van der Waals surface area contributed by atoms with Crippen molar-refractivity contribution >= 4 is 11.8 Å². The van der Waals surface area contributed by atoms with Gasteiger partial charge in [0.1, 0.15) is 0 Å². The first-order valence-electron chi connectivity index (χ1n) is 7.84. The van der Waals surface area contributed by atoms with Crippen LogP contribution in [-0.4, -0.2) is 15.8 Å². The molecule has 0 radical (unpaired) electrons. The van der Waals surface area contributed by atoms with Crippen molar-refractivity contribution in [3.63, 3.8) is 0 Å². The summed E-state index contributed by atoms with van der Waals surface area (Å²) in [4.78, 5) is 12.0. The summed E-state index contributed by atoms with van der Waals surface area (Å²) in [5.41, 5.74) is 4.43. The molecule has 0 aliphatic rings. The van der Waals surface area contributed by atoms with E-state index in [0.29, 0.717) is 12.4 Å². The Labute approximate surface area is 141 Å². The molecule has 5 nitrogen and oxygen atoms in total. The van der Waals surface area contributed by atoms with E-state index >= 15 is 0 Å². The van der Waals surface area contributed by atoms with Gasteiger partial charge in [0, 0.05) is 18.8 Å². The third-order valence-electron chi connectivity index (χ3n) is 3.79. The van der Waals surface area contributed by atoms with Crippen LogP contribution >= 0.6 is 0 Å². The predicted molar refractivity (Wildman–Crippen MR) is 95.3 cm³/mol. The number of aromatic nitrogens is 2. The second-order valence-corrected chi connectivity index (χ2v) is 5.72. The molecule has 1 aromatic heterocycles. The molecule has 1 heterocycles. The summed E-state index contributed by atoms with van der Waals surface area (Å²) < 4.78 is 1.72. The van der Waals surface area contributed by atoms with Crippen LogP contribution in [0.15, 0.2) is 60.8 Å². The molecule has 0 saturated carbocycles. The molecule has 0 atom stereocenters. The fourth-order valence-electron chi connectivity index (χ4n) is 2.50. The molecule has 0 bridgehead atoms. The van der Waals surface area contributed by atoms with Crippen molar-refractivity contribution in [1.82, 2.24) is 15.1 Å². The van der Waals surface area contributed by atoms with Crippen LogP contribution in [0.25, 0.3) is 5.69 Å². The number of carbonyl (C=O) groups is 1. The Balaban J connectivity index is 1.58. The molecular formula is C19H20N4O. The highest BCUT2D eigenvalue weighted by Gasteiger charge is 2.06. The summed E-state index contributed by atoms with van der Waals surface area (Å²) in [6, 6.07) is 17.4. The summed E-state index contributed by atoms with van der Waals surface area (Å²) in [6.07, 6.45) is 1.81. The van der Waals surface area contributed by atoms with E-state index in [2.05, 4.69) is 28.7 Å². The molecule has 2 amide bonds. The van der Waals surface area contributed by atoms with Gasteiger partial charge in [-0.05, 0) is 37.1 Å². The first kappa shape index (κ1) is 15.8. The van der Waals surface area contributed by atoms with Gasteiger partial charge in [-0.2, -0.15) is 0 Å². The number of anilines is 1. The van der Waals surface area contributed by atoms with Gasteiger partial charge in [0.05, 0.1) is 5.69 Å². The van der Waals surface area contributed by atoms with Gasteiger partial charge < -0.3 is 5.32 Å². The lowest BCUT2D eigenvalue weighted by Crippen LogP contribution is -2.28. The molecule has 24 heavy (non-hydrogen) atoms. The molecule has 3 aromatic rings. The maximum absolute atomic E-state index is 12.0. The van der Waals surface area contributed by atoms with Crippen LogP contribution in [-0.2, 0) is 6.54 Å². The van der Waals surface area contributed by atoms with Crippen molar-refractivity contribution in [2.75, 3.05) is 5.32 Å². The van der Waals surface area contributed by atoms with Crippen molar-refractivity contribution in [3.8, 4) is 5.69 Å². The predicted octanol–water partition coefficient (Wildman–Crippen LogP) is 3.81. The minimum atomic E-state index is -0.270. The Morgan fingerprint density at radius 2 is 1.88 bits per heavy atom. The van der Waals surface area contributed by atoms with E-state index in [0.717, 1.165) is 11.3 Å². The number of aryl methyl sites for hydroxylation is 2. The minimum absolute atomic E-state index is 0.270. The summed E-state index contributed by atoms with van der Waals surface area (Å²) in [5, 5.41) is 9.96. The third-order valence-corrected chi connectivity index (χ3v) is 3.79. The topological polar surface area (TPSA) is 59.0 Å². The summed E-state index contributed by atoms with van der Waals surface area (Å²) in [5.74, 6) is 0.511. The smallest absolute Gasteiger partial charge is 0.320 e. The van der Waals surface area contributed by atoms with Crippen molar-refractivity contribution < 1.29 is 4.79 Å². The number of hydrogen-bond acceptors (Lipinski definition) is 2. The van der Waals surface area contributed by atoms with Crippen LogP contribution in [0.3, 0.4) is 0 Å². The van der Waals surface area contributed by atoms with Crippen molar-refractivity contribution in [1.29, 1.82) is 0 Å². The van der Waals surface area contributed by atoms with E-state index < -0.39 is 0 Å². The highest BCUT2D eigenvalue weighted by atomic mass is 16.2. The Morgan fingerprint density at radius 1 is 1.08 bits per heavy atom. The summed E-state index contributed by atoms with van der Waals surface area (Å²) >= 11 is 0. The van der Waals surface area contributed by atoms with Crippen LogP contribution in [0.1, 0.15) is 16.7 Å². The van der Waals surface area contributed by atoms with Gasteiger partial charge in [-0.1, -0.05) is 42.0 Å². The molecule has 122 valence electrons. The second-order valence-electron chi connectivity index (χ2n) is 5.72. The average Bonchev–Trinajstić information content (AvgIpc) is 3.03. The molecule has 0 saturated heterocycles. The van der Waals surface area contributed by atoms with Crippen molar-refractivity contribution in [2.45, 2.75) is 20.4 Å². The molecule has 0 spiro atoms. The Morgan fingerprint density at radius 3 is 2.62 bits per heavy atom. The normalized spacial score (nSPS) is 10.4. The van der Waals surface area contributed by atoms with Gasteiger partial charge in [0.15, 0.2) is 5.82 Å². The zero-order valence-electron chi connectivity index (χ0n) is 13.8. The highest BCUT2D eigenvalue weighted by molar-refractivity contribution is 5.88. The molecule has 2 aromatic carbocycles. The van der Waals surface area contributed by atoms with Crippen LogP contribution in [0.5, 0.6) is 0 Å². The number of nitrogens with one attached hydrogen (secondary N) is 2. The van der Waals surface area contributed by atoms with Gasteiger partial charge >= 0.3 is 6.03 Å². The summed E-state index contributed by atoms with van der Waals surface area (Å²) in [6.45, 7) is 4.58. The Hall–Kier alpha value is -3.08. The van der Waals surface area contributed by atoms with E-state index in [9.17, 15) is 4.79 Å². The Kier molecular flexibility index (Phi) is 4.61. The van der Waals surface area contributed by atoms with Gasteiger partial charge in [-0.15, -0.1) is 5.10 Å². The first-order chi connectivity index (χ1) is 11.6. The first-order valence-corrected chi connectivity index (χ1v) is 7.84. The van der Waals surface area contributed by atoms with Gasteiger partial charge in [0.25, 0.3) is 0 Å². The number of urea groups is 1. The van der Waals surface area contributed by atoms with Crippen molar-refractivity contribution in [3.05, 3.63) is 77.5 Å². The minimum Gasteiger partial charge on any atom is -0.334 e. The van der Waals surface area contributed by atoms with Crippen molar-refractivity contribution in [2.24, 2.45) is 0 Å². The monoisotopic (exact) mass is 320 g/mol. The van der Waals surface area contributed by atoms with Crippen LogP contribution in [0.4, 0.5) is 10.6 Å². The Bertz CT molecular complexity index is 840. The van der Waals surface area contributed by atoms with E-state index in [1.54, 1.807) is 10.7 Å². The molecule has 0 unspecified atom stereocenters. The lowest BCUT2D eigenvalue weighted by Gasteiger charge is -2.09. The largest absolute Gasteiger partial charge is 0.334 e. The molecule has 2 N–H and O–H groups in total. The lowest BCUT2D eigenvalue weighted by atomic mass is 10.1. The molecule has 0 fully saturated rings. The number of rotatable bonds is 4. The zero-order chi connectivity index (χ0) is 16.9. The zero-order valence-corrected chi connectivity index (χ0v) is 13.8. The lowest BCUT2D eigenvalue weighted by molar-refractivity contribution is 0.251. The number of nitrogens with zero attached hydrogens (tertiary/aromatic N) is 2. The van der Waals surface area contributed by atoms with E-state index in [4.69, 9.17) is 0 Å². The molecule has 3 rings (SSSR count). The van der Waals surface area contributed by atoms with E-state index in [1.807, 2.05) is 55.6 Å². The molecule has 0 aliphatic carbocycles. The quantitative estimate of drug-likeness (QED) is 0.768. The molecule has 0 aliphatic heterocycles. The number of hydrogen-bond donors (Lipinski definition) is 2. The number of amides is 2. The van der Waals surface area contributed by atoms with E-state index in [1.165, 1.54) is 11.1 Å². The van der Waals surface area contributed by atoms with Gasteiger partial charge in [0.2, 0.25) is 0 Å². The third kappa shape index (κ3) is 3.81. The number of benzene rings is 2. The molecular weight excluding hydrogens is 300 g/mol. The SMILES string of the molecule is Cc1ccc(CNC(=O)Nc2ccn(-c3ccccc3)n2)c(C)c1. The molecule has 5 heteroatoms. The van der Waals surface area contributed by atoms with Gasteiger partial charge in [-0.3, -0.25) is 5.32 Å². The second kappa shape index (κ2) is 7.00. The van der Waals surface area contributed by atoms with Crippen LogP contribution in [0.2, 0.25) is 0 Å². The fourth-order valence-corrected chi connectivity index (χ4v) is 2.50. The maximum atomic E-state index is 12.0. The highest BCUT2D eigenvalue weighted by Crippen LogP contribution is 2.11. The number of carbonyl (C=O) groups excluding carboxylic acids is 1. The van der Waals surface area contributed by atoms with Gasteiger partial charge in [-0.25, -0.2) is 9.48 Å². The standard InChI is InChI=1S/C19H20N4O/c1-14-8-9-16(15(2)12-14)13-20-19(24)21-18-10-11-23(22-18)17-6-4-3-5-7-17/h3-12H,13H2,1-2H3,(H2,20,21,22,24). The fraction of sp³-hybridized carbons (Fsp3) is 0.158. The van der Waals surface area contributed by atoms with E-state index in [-0.39, 0.29) is 6.03 Å². The van der Waals surface area contributed by atoms with Crippen LogP contribution in [0, 0.1) is 13.8 Å².